The molecule has 2 rings (SSSR count). The van der Waals surface area contributed by atoms with E-state index in [1.54, 1.807) is 12.1 Å². The fourth-order valence-corrected chi connectivity index (χ4v) is 1.68. The smallest absolute Gasteiger partial charge is 0.250 e. The van der Waals surface area contributed by atoms with Crippen molar-refractivity contribution in [1.82, 2.24) is 4.98 Å². The summed E-state index contributed by atoms with van der Waals surface area (Å²) in [6, 6.07) is 3.70. The molecule has 0 radical (unpaired) electrons. The summed E-state index contributed by atoms with van der Waals surface area (Å²) in [6.07, 6.45) is 3.94. The summed E-state index contributed by atoms with van der Waals surface area (Å²) in [5.41, 5.74) is 11.2. The minimum atomic E-state index is -0.461. The van der Waals surface area contributed by atoms with E-state index in [9.17, 15) is 4.79 Å². The third-order valence-corrected chi connectivity index (χ3v) is 2.83. The number of carbonyl (C=O) groups is 1. The minimum Gasteiger partial charge on any atom is -0.366 e. The first kappa shape index (κ1) is 10.9. The molecule has 1 amide bonds. The first-order chi connectivity index (χ1) is 7.70. The van der Waals surface area contributed by atoms with E-state index >= 15 is 0 Å². The highest BCUT2D eigenvalue weighted by Crippen LogP contribution is 2.33. The number of primary amides is 1. The van der Waals surface area contributed by atoms with E-state index in [2.05, 4.69) is 10.3 Å². The zero-order valence-electron chi connectivity index (χ0n) is 9.02. The van der Waals surface area contributed by atoms with Gasteiger partial charge in [0.05, 0.1) is 5.56 Å². The van der Waals surface area contributed by atoms with Crippen molar-refractivity contribution in [1.29, 1.82) is 0 Å². The van der Waals surface area contributed by atoms with Crippen LogP contribution in [0, 0.1) is 5.92 Å². The Labute approximate surface area is 94.2 Å². The maximum atomic E-state index is 10.9. The predicted octanol–water partition coefficient (Wildman–Crippen LogP) is 0.330. The van der Waals surface area contributed by atoms with Gasteiger partial charge in [0.1, 0.15) is 5.82 Å². The van der Waals surface area contributed by atoms with Gasteiger partial charge >= 0.3 is 0 Å². The number of hydrogen-bond acceptors (Lipinski definition) is 4. The van der Waals surface area contributed by atoms with Crippen LogP contribution >= 0.6 is 0 Å². The van der Waals surface area contributed by atoms with Gasteiger partial charge in [0.2, 0.25) is 5.91 Å². The van der Waals surface area contributed by atoms with Gasteiger partial charge in [-0.1, -0.05) is 0 Å². The van der Waals surface area contributed by atoms with Crippen molar-refractivity contribution in [2.75, 3.05) is 11.9 Å². The molecule has 86 valence electrons. The molecule has 16 heavy (non-hydrogen) atoms. The average Bonchev–Trinajstić information content (AvgIpc) is 3.10. The highest BCUT2D eigenvalue weighted by Gasteiger charge is 2.30. The number of nitrogens with two attached hydrogens (primary N) is 2. The van der Waals surface area contributed by atoms with Crippen LogP contribution in [0.5, 0.6) is 0 Å². The zero-order chi connectivity index (χ0) is 11.5. The van der Waals surface area contributed by atoms with E-state index in [1.165, 1.54) is 19.0 Å². The van der Waals surface area contributed by atoms with Crippen molar-refractivity contribution >= 4 is 11.7 Å². The Morgan fingerprint density at radius 3 is 2.75 bits per heavy atom. The minimum absolute atomic E-state index is 0.284. The Morgan fingerprint density at radius 1 is 1.56 bits per heavy atom. The van der Waals surface area contributed by atoms with Crippen molar-refractivity contribution in [3.63, 3.8) is 0 Å². The number of nitrogens with one attached hydrogen (secondary N) is 1. The van der Waals surface area contributed by atoms with Gasteiger partial charge < -0.3 is 16.8 Å². The van der Waals surface area contributed by atoms with Crippen molar-refractivity contribution in [2.45, 2.75) is 18.9 Å². The van der Waals surface area contributed by atoms with E-state index in [0.717, 1.165) is 5.82 Å². The standard InChI is InChI=1S/C11H16N4O/c12-5-9(7-1-2-7)15-10-4-3-8(6-14-10)11(13)16/h3-4,6-7,9H,1-2,5,12H2,(H2,13,16)(H,14,15). The maximum absolute atomic E-state index is 10.9. The number of aromatic nitrogens is 1. The molecule has 1 saturated carbocycles. The molecule has 0 bridgehead atoms. The molecule has 1 aromatic rings. The lowest BCUT2D eigenvalue weighted by Gasteiger charge is -2.16. The molecule has 1 aliphatic rings. The average molecular weight is 220 g/mol. The molecule has 5 heteroatoms. The zero-order valence-corrected chi connectivity index (χ0v) is 9.02. The first-order valence-corrected chi connectivity index (χ1v) is 5.43. The normalized spacial score (nSPS) is 16.8. The molecule has 1 fully saturated rings. The Bertz CT molecular complexity index is 372. The molecule has 1 heterocycles. The third-order valence-electron chi connectivity index (χ3n) is 2.83. The topological polar surface area (TPSA) is 94.0 Å². The summed E-state index contributed by atoms with van der Waals surface area (Å²) in [5, 5.41) is 3.27. The number of carbonyl (C=O) groups excluding carboxylic acids is 1. The Hall–Kier alpha value is -1.62. The van der Waals surface area contributed by atoms with Gasteiger partial charge in [-0.3, -0.25) is 4.79 Å². The molecule has 0 aromatic carbocycles. The van der Waals surface area contributed by atoms with Crippen LogP contribution in [0.25, 0.3) is 0 Å². The second-order valence-electron chi connectivity index (χ2n) is 4.12. The largest absolute Gasteiger partial charge is 0.366 e. The van der Waals surface area contributed by atoms with Gasteiger partial charge in [0, 0.05) is 18.8 Å². The Morgan fingerprint density at radius 2 is 2.31 bits per heavy atom. The number of nitrogens with zero attached hydrogens (tertiary/aromatic N) is 1. The summed E-state index contributed by atoms with van der Waals surface area (Å²) in [5.74, 6) is 0.951. The molecule has 1 aromatic heterocycles. The Kier molecular flexibility index (Phi) is 3.05. The molecule has 5 N–H and O–H groups in total. The van der Waals surface area contributed by atoms with E-state index in [-0.39, 0.29) is 6.04 Å². The fraction of sp³-hybridized carbons (Fsp3) is 0.455. The molecule has 0 saturated heterocycles. The number of anilines is 1. The van der Waals surface area contributed by atoms with E-state index in [0.29, 0.717) is 18.0 Å². The van der Waals surface area contributed by atoms with Crippen LogP contribution in [0.15, 0.2) is 18.3 Å². The lowest BCUT2D eigenvalue weighted by molar-refractivity contribution is 0.1000. The lowest BCUT2D eigenvalue weighted by atomic mass is 10.2. The van der Waals surface area contributed by atoms with Crippen LogP contribution in [0.3, 0.4) is 0 Å². The predicted molar refractivity (Wildman–Crippen MR) is 61.9 cm³/mol. The number of pyridine rings is 1. The van der Waals surface area contributed by atoms with Gasteiger partial charge in [-0.15, -0.1) is 0 Å². The maximum Gasteiger partial charge on any atom is 0.250 e. The summed E-state index contributed by atoms with van der Waals surface area (Å²) >= 11 is 0. The highest BCUT2D eigenvalue weighted by atomic mass is 16.1. The molecule has 1 atom stereocenters. The van der Waals surface area contributed by atoms with Gasteiger partial charge in [0.15, 0.2) is 0 Å². The van der Waals surface area contributed by atoms with Crippen molar-refractivity contribution in [3.05, 3.63) is 23.9 Å². The van der Waals surface area contributed by atoms with Crippen molar-refractivity contribution in [3.8, 4) is 0 Å². The Balaban J connectivity index is 2.01. The second-order valence-corrected chi connectivity index (χ2v) is 4.12. The summed E-state index contributed by atoms with van der Waals surface area (Å²) in [6.45, 7) is 0.601. The van der Waals surface area contributed by atoms with Gasteiger partial charge in [0.25, 0.3) is 0 Å². The molecule has 1 unspecified atom stereocenters. The summed E-state index contributed by atoms with van der Waals surface area (Å²) in [7, 11) is 0. The molecule has 0 spiro atoms. The second kappa shape index (κ2) is 4.49. The fourth-order valence-electron chi connectivity index (χ4n) is 1.68. The monoisotopic (exact) mass is 220 g/mol. The summed E-state index contributed by atoms with van der Waals surface area (Å²) in [4.78, 5) is 15.0. The van der Waals surface area contributed by atoms with Crippen LogP contribution in [0.4, 0.5) is 5.82 Å². The van der Waals surface area contributed by atoms with Gasteiger partial charge in [-0.05, 0) is 30.9 Å². The summed E-state index contributed by atoms with van der Waals surface area (Å²) < 4.78 is 0. The van der Waals surface area contributed by atoms with Crippen LogP contribution in [-0.2, 0) is 0 Å². The number of hydrogen-bond donors (Lipinski definition) is 3. The van der Waals surface area contributed by atoms with Crippen LogP contribution in [-0.4, -0.2) is 23.5 Å². The third kappa shape index (κ3) is 2.49. The first-order valence-electron chi connectivity index (χ1n) is 5.43. The number of amides is 1. The molecule has 0 aliphatic heterocycles. The van der Waals surface area contributed by atoms with Crippen molar-refractivity contribution in [2.24, 2.45) is 17.4 Å². The molecule has 1 aliphatic carbocycles. The van der Waals surface area contributed by atoms with E-state index in [1.807, 2.05) is 0 Å². The SMILES string of the molecule is NCC(Nc1ccc(C(N)=O)cn1)C1CC1. The van der Waals surface area contributed by atoms with Crippen LogP contribution in [0.1, 0.15) is 23.2 Å². The van der Waals surface area contributed by atoms with Crippen LogP contribution in [0.2, 0.25) is 0 Å². The number of rotatable bonds is 5. The van der Waals surface area contributed by atoms with E-state index < -0.39 is 5.91 Å². The van der Waals surface area contributed by atoms with Gasteiger partial charge in [-0.25, -0.2) is 4.98 Å². The van der Waals surface area contributed by atoms with E-state index in [4.69, 9.17) is 11.5 Å². The molecular weight excluding hydrogens is 204 g/mol. The van der Waals surface area contributed by atoms with Gasteiger partial charge in [-0.2, -0.15) is 0 Å². The highest BCUT2D eigenvalue weighted by molar-refractivity contribution is 5.92. The lowest BCUT2D eigenvalue weighted by Crippen LogP contribution is -2.31. The van der Waals surface area contributed by atoms with Crippen LogP contribution < -0.4 is 16.8 Å². The van der Waals surface area contributed by atoms with Crippen molar-refractivity contribution < 1.29 is 4.79 Å². The molecular formula is C11H16N4O. The quantitative estimate of drug-likeness (QED) is 0.666. The molecule has 5 nitrogen and oxygen atoms in total.